The molecule has 2 heterocycles. The molecule has 0 saturated carbocycles. The number of carbonyl (C=O) groups is 1. The van der Waals surface area contributed by atoms with Crippen LogP contribution < -0.4 is 5.32 Å². The quantitative estimate of drug-likeness (QED) is 0.615. The van der Waals surface area contributed by atoms with Crippen LogP contribution in [-0.2, 0) is 30.8 Å². The fraction of sp³-hybridized carbons (Fsp3) is 0.286. The number of thiophene rings is 1. The molecule has 0 aliphatic carbocycles. The minimum atomic E-state index is 0.0268. The van der Waals surface area contributed by atoms with Crippen molar-refractivity contribution in [3.63, 3.8) is 0 Å². The number of rotatable bonds is 9. The average molecular weight is 369 g/mol. The Morgan fingerprint density at radius 3 is 2.54 bits per heavy atom. The first-order valence-electron chi connectivity index (χ1n) is 8.86. The Balaban J connectivity index is 1.57. The smallest absolute Gasteiger partial charge is 0.234 e. The topological polar surface area (TPSA) is 45.5 Å². The van der Waals surface area contributed by atoms with Crippen LogP contribution in [0, 0.1) is 0 Å². The Morgan fingerprint density at radius 2 is 1.85 bits per heavy atom. The van der Waals surface area contributed by atoms with Crippen LogP contribution in [0.15, 0.2) is 65.3 Å². The second-order valence-electron chi connectivity index (χ2n) is 6.21. The van der Waals surface area contributed by atoms with E-state index in [0.717, 1.165) is 12.2 Å². The van der Waals surface area contributed by atoms with E-state index in [1.807, 2.05) is 30.3 Å². The van der Waals surface area contributed by atoms with Crippen molar-refractivity contribution in [3.8, 4) is 0 Å². The summed E-state index contributed by atoms with van der Waals surface area (Å²) < 4.78 is 5.46. The van der Waals surface area contributed by atoms with E-state index in [1.165, 1.54) is 15.3 Å². The molecule has 4 nitrogen and oxygen atoms in total. The molecule has 1 N–H and O–H groups in total. The maximum absolute atomic E-state index is 12.4. The third-order valence-electron chi connectivity index (χ3n) is 4.10. The van der Waals surface area contributed by atoms with Crippen molar-refractivity contribution in [2.75, 3.05) is 6.54 Å². The van der Waals surface area contributed by atoms with Crippen molar-refractivity contribution >= 4 is 17.2 Å². The molecule has 0 atom stereocenters. The van der Waals surface area contributed by atoms with Crippen LogP contribution in [-0.4, -0.2) is 17.4 Å². The summed E-state index contributed by atoms with van der Waals surface area (Å²) in [6.07, 6.45) is 2.70. The fourth-order valence-electron chi connectivity index (χ4n) is 2.78. The molecular weight excluding hydrogens is 344 g/mol. The predicted octanol–water partition coefficient (Wildman–Crippen LogP) is 4.22. The summed E-state index contributed by atoms with van der Waals surface area (Å²) in [7, 11) is 0. The Morgan fingerprint density at radius 1 is 1.04 bits per heavy atom. The van der Waals surface area contributed by atoms with Gasteiger partial charge in [0.25, 0.3) is 0 Å². The van der Waals surface area contributed by atoms with Crippen molar-refractivity contribution in [3.05, 3.63) is 81.9 Å². The number of hydrogen-bond acceptors (Lipinski definition) is 4. The van der Waals surface area contributed by atoms with E-state index in [9.17, 15) is 4.79 Å². The normalized spacial score (nSPS) is 11.0. The minimum Gasteiger partial charge on any atom is -0.468 e. The molecule has 1 amide bonds. The van der Waals surface area contributed by atoms with Crippen LogP contribution in [0.5, 0.6) is 0 Å². The highest BCUT2D eigenvalue weighted by Crippen LogP contribution is 2.16. The first-order valence-corrected chi connectivity index (χ1v) is 9.67. The average Bonchev–Trinajstić information content (AvgIpc) is 3.32. The van der Waals surface area contributed by atoms with Gasteiger partial charge < -0.3 is 9.73 Å². The van der Waals surface area contributed by atoms with Crippen LogP contribution in [0.25, 0.3) is 0 Å². The molecule has 3 aromatic rings. The van der Waals surface area contributed by atoms with E-state index >= 15 is 0 Å². The molecule has 3 rings (SSSR count). The molecule has 2 aromatic heterocycles. The van der Waals surface area contributed by atoms with Crippen LogP contribution >= 0.6 is 11.3 Å². The van der Waals surface area contributed by atoms with Gasteiger partial charge in [0.15, 0.2) is 0 Å². The van der Waals surface area contributed by atoms with Gasteiger partial charge >= 0.3 is 0 Å². The van der Waals surface area contributed by atoms with Crippen LogP contribution in [0.4, 0.5) is 0 Å². The molecular formula is C21H24N2O2S. The molecule has 136 valence electrons. The van der Waals surface area contributed by atoms with Gasteiger partial charge in [-0.3, -0.25) is 9.69 Å². The van der Waals surface area contributed by atoms with Gasteiger partial charge in [0, 0.05) is 16.3 Å². The first-order chi connectivity index (χ1) is 12.7. The molecule has 0 spiro atoms. The number of furan rings is 1. The van der Waals surface area contributed by atoms with Crippen LogP contribution in [0.2, 0.25) is 0 Å². The number of nitrogens with one attached hydrogen (secondary N) is 1. The first kappa shape index (κ1) is 18.4. The highest BCUT2D eigenvalue weighted by molar-refractivity contribution is 7.11. The third-order valence-corrected chi connectivity index (χ3v) is 5.33. The van der Waals surface area contributed by atoms with Crippen LogP contribution in [0.1, 0.15) is 28.0 Å². The number of amides is 1. The van der Waals surface area contributed by atoms with Crippen molar-refractivity contribution in [1.82, 2.24) is 10.2 Å². The maximum atomic E-state index is 12.4. The van der Waals surface area contributed by atoms with E-state index in [-0.39, 0.29) is 5.91 Å². The van der Waals surface area contributed by atoms with Gasteiger partial charge in [-0.25, -0.2) is 0 Å². The Labute approximate surface area is 158 Å². The third kappa shape index (κ3) is 5.58. The predicted molar refractivity (Wildman–Crippen MR) is 105 cm³/mol. The summed E-state index contributed by atoms with van der Waals surface area (Å²) >= 11 is 1.76. The lowest BCUT2D eigenvalue weighted by molar-refractivity contribution is -0.122. The zero-order valence-electron chi connectivity index (χ0n) is 15.0. The van der Waals surface area contributed by atoms with Gasteiger partial charge in [-0.1, -0.05) is 37.3 Å². The SMILES string of the molecule is CCc1ccc(CNC(=O)CN(Cc2ccccc2)Cc2ccco2)s1. The van der Waals surface area contributed by atoms with E-state index in [2.05, 4.69) is 41.4 Å². The standard InChI is InChI=1S/C21H24N2O2S/c1-2-19-10-11-20(26-19)13-22-21(24)16-23(15-18-9-6-12-25-18)14-17-7-4-3-5-8-17/h3-12H,2,13-16H2,1H3,(H,22,24). The van der Waals surface area contributed by atoms with Gasteiger partial charge in [-0.15, -0.1) is 11.3 Å². The summed E-state index contributed by atoms with van der Waals surface area (Å²) in [5, 5.41) is 3.03. The molecule has 5 heteroatoms. The molecule has 0 unspecified atom stereocenters. The van der Waals surface area contributed by atoms with E-state index < -0.39 is 0 Å². The Kier molecular flexibility index (Phi) is 6.63. The van der Waals surface area contributed by atoms with Crippen LogP contribution in [0.3, 0.4) is 0 Å². The number of aryl methyl sites for hydroxylation is 1. The summed E-state index contributed by atoms with van der Waals surface area (Å²) in [6, 6.07) is 18.2. The van der Waals surface area contributed by atoms with Gasteiger partial charge in [0.1, 0.15) is 5.76 Å². The molecule has 0 radical (unpaired) electrons. The fourth-order valence-corrected chi connectivity index (χ4v) is 3.68. The summed E-state index contributed by atoms with van der Waals surface area (Å²) in [5.74, 6) is 0.888. The van der Waals surface area contributed by atoms with E-state index in [0.29, 0.717) is 26.2 Å². The van der Waals surface area contributed by atoms with Crippen molar-refractivity contribution < 1.29 is 9.21 Å². The molecule has 26 heavy (non-hydrogen) atoms. The number of carbonyl (C=O) groups excluding carboxylic acids is 1. The maximum Gasteiger partial charge on any atom is 0.234 e. The van der Waals surface area contributed by atoms with Crippen molar-refractivity contribution in [1.29, 1.82) is 0 Å². The van der Waals surface area contributed by atoms with Crippen molar-refractivity contribution in [2.45, 2.75) is 33.0 Å². The second kappa shape index (κ2) is 9.36. The number of nitrogens with zero attached hydrogens (tertiary/aromatic N) is 1. The lowest BCUT2D eigenvalue weighted by Crippen LogP contribution is -2.36. The minimum absolute atomic E-state index is 0.0268. The van der Waals surface area contributed by atoms with Gasteiger partial charge in [0.2, 0.25) is 5.91 Å². The van der Waals surface area contributed by atoms with Gasteiger partial charge in [-0.05, 0) is 36.2 Å². The molecule has 0 fully saturated rings. The lowest BCUT2D eigenvalue weighted by atomic mass is 10.2. The largest absolute Gasteiger partial charge is 0.468 e. The molecule has 1 aromatic carbocycles. The van der Waals surface area contributed by atoms with Crippen molar-refractivity contribution in [2.24, 2.45) is 0 Å². The Bertz CT molecular complexity index is 797. The van der Waals surface area contributed by atoms with Gasteiger partial charge in [-0.2, -0.15) is 0 Å². The Hall–Kier alpha value is -2.37. The highest BCUT2D eigenvalue weighted by Gasteiger charge is 2.13. The molecule has 0 aliphatic rings. The zero-order valence-corrected chi connectivity index (χ0v) is 15.8. The second-order valence-corrected chi connectivity index (χ2v) is 7.46. The molecule has 0 saturated heterocycles. The number of hydrogen-bond donors (Lipinski definition) is 1. The van der Waals surface area contributed by atoms with Gasteiger partial charge in [0.05, 0.1) is 25.9 Å². The van der Waals surface area contributed by atoms with E-state index in [4.69, 9.17) is 4.42 Å². The summed E-state index contributed by atoms with van der Waals surface area (Å²) in [6.45, 7) is 4.37. The zero-order chi connectivity index (χ0) is 18.2. The highest BCUT2D eigenvalue weighted by atomic mass is 32.1. The molecule has 0 aliphatic heterocycles. The number of benzene rings is 1. The lowest BCUT2D eigenvalue weighted by Gasteiger charge is -2.20. The molecule has 0 bridgehead atoms. The summed E-state index contributed by atoms with van der Waals surface area (Å²) in [5.41, 5.74) is 1.18. The monoisotopic (exact) mass is 368 g/mol. The summed E-state index contributed by atoms with van der Waals surface area (Å²) in [4.78, 5) is 17.1. The van der Waals surface area contributed by atoms with E-state index in [1.54, 1.807) is 17.6 Å².